The fraction of sp³-hybridized carbons (Fsp3) is 0.357. The number of aromatic nitrogens is 1. The summed E-state index contributed by atoms with van der Waals surface area (Å²) < 4.78 is 25.4. The van der Waals surface area contributed by atoms with Gasteiger partial charge in [0.15, 0.2) is 46.0 Å². The number of hydrogen-bond donors (Lipinski definition) is 2. The molecule has 1 saturated heterocycles. The van der Waals surface area contributed by atoms with E-state index in [9.17, 15) is 23.4 Å². The summed E-state index contributed by atoms with van der Waals surface area (Å²) >= 11 is 3.20. The minimum atomic E-state index is -1.58. The van der Waals surface area contributed by atoms with Crippen molar-refractivity contribution in [1.82, 2.24) is 9.29 Å². The first-order chi connectivity index (χ1) is 27.7. The molecule has 1 atom stereocenters. The standard InChI is InChI=1S/C42H45I2N5O7S/c1-2-49(34-18-14-31(15-19-34)42(53)56-44)57(54)36-24-32(26-45-27-36)39(50)47-38-21-20-35(48-22-4-3-5-23-48)25-37(38)40(51)46-33-16-10-29(11-17-33)7-6-28-8-12-30(13-9-28)41(52)55-43/h8-13,16-17,20-21,24-27,31,34H,2-7,14-15,18-19,22-23H2,1H3,(H,46,51)(H,47,50). The summed E-state index contributed by atoms with van der Waals surface area (Å²) in [5.74, 6) is -1.59. The van der Waals surface area contributed by atoms with Gasteiger partial charge in [-0.15, -0.1) is 0 Å². The topological polar surface area (TPSA) is 147 Å². The molecule has 4 aromatic rings. The van der Waals surface area contributed by atoms with Gasteiger partial charge in [-0.05, 0) is 117 Å². The average Bonchev–Trinajstić information content (AvgIpc) is 3.26. The van der Waals surface area contributed by atoms with Gasteiger partial charge in [-0.25, -0.2) is 13.3 Å². The lowest BCUT2D eigenvalue weighted by Crippen LogP contribution is -2.40. The summed E-state index contributed by atoms with van der Waals surface area (Å²) in [5.41, 5.74) is 5.09. The van der Waals surface area contributed by atoms with Crippen LogP contribution in [0.15, 0.2) is 90.1 Å². The molecule has 3 aromatic carbocycles. The molecule has 1 saturated carbocycles. The maximum absolute atomic E-state index is 14.0. The minimum absolute atomic E-state index is 0.0144. The van der Waals surface area contributed by atoms with Crippen molar-refractivity contribution in [3.8, 4) is 0 Å². The van der Waals surface area contributed by atoms with E-state index in [-0.39, 0.29) is 35.4 Å². The maximum atomic E-state index is 14.0. The highest BCUT2D eigenvalue weighted by molar-refractivity contribution is 14.1. The molecule has 2 N–H and O–H groups in total. The molecular formula is C42H45I2N5O7S. The molecule has 12 nitrogen and oxygen atoms in total. The van der Waals surface area contributed by atoms with Gasteiger partial charge in [0.2, 0.25) is 0 Å². The van der Waals surface area contributed by atoms with Crippen LogP contribution in [0.25, 0.3) is 0 Å². The molecule has 57 heavy (non-hydrogen) atoms. The van der Waals surface area contributed by atoms with Crippen LogP contribution in [-0.2, 0) is 34.8 Å². The van der Waals surface area contributed by atoms with Crippen LogP contribution in [0.1, 0.15) is 94.1 Å². The quantitative estimate of drug-likeness (QED) is 0.119. The van der Waals surface area contributed by atoms with E-state index in [1.807, 2.05) is 59.8 Å². The molecule has 2 aliphatic rings. The number of nitrogens with zero attached hydrogens (tertiary/aromatic N) is 3. The summed E-state index contributed by atoms with van der Waals surface area (Å²) in [6, 6.07) is 22.1. The van der Waals surface area contributed by atoms with Crippen LogP contribution in [0.3, 0.4) is 0 Å². The lowest BCUT2D eigenvalue weighted by molar-refractivity contribution is -0.137. The highest BCUT2D eigenvalue weighted by atomic mass is 127. The lowest BCUT2D eigenvalue weighted by Gasteiger charge is -2.34. The number of anilines is 3. The molecule has 15 heteroatoms. The molecule has 300 valence electrons. The Morgan fingerprint density at radius 2 is 1.46 bits per heavy atom. The van der Waals surface area contributed by atoms with Crippen molar-refractivity contribution in [2.45, 2.75) is 75.6 Å². The van der Waals surface area contributed by atoms with E-state index in [4.69, 9.17) is 6.13 Å². The van der Waals surface area contributed by atoms with Gasteiger partial charge in [-0.2, -0.15) is 0 Å². The number of piperidine rings is 1. The molecule has 0 spiro atoms. The zero-order valence-corrected chi connectivity index (χ0v) is 36.7. The number of carbonyl (C=O) groups is 4. The molecule has 1 unspecified atom stereocenters. The number of benzene rings is 3. The van der Waals surface area contributed by atoms with Crippen LogP contribution in [0.2, 0.25) is 0 Å². The summed E-state index contributed by atoms with van der Waals surface area (Å²) in [6.45, 7) is 4.24. The van der Waals surface area contributed by atoms with Crippen molar-refractivity contribution in [2.75, 3.05) is 35.2 Å². The summed E-state index contributed by atoms with van der Waals surface area (Å²) in [4.78, 5) is 58.4. The van der Waals surface area contributed by atoms with Crippen LogP contribution >= 0.6 is 46.0 Å². The number of carbonyl (C=O) groups excluding carboxylic acids is 4. The summed E-state index contributed by atoms with van der Waals surface area (Å²) in [7, 11) is -1.58. The number of nitrogens with one attached hydrogen (secondary N) is 2. The highest BCUT2D eigenvalue weighted by Gasteiger charge is 2.32. The van der Waals surface area contributed by atoms with E-state index in [1.54, 1.807) is 70.3 Å². The largest absolute Gasteiger partial charge is 0.394 e. The molecule has 1 aliphatic carbocycles. The number of hydrogen-bond acceptors (Lipinski definition) is 9. The van der Waals surface area contributed by atoms with Gasteiger partial charge in [0.05, 0.1) is 33.2 Å². The molecule has 6 rings (SSSR count). The van der Waals surface area contributed by atoms with E-state index in [1.165, 1.54) is 18.8 Å². The highest BCUT2D eigenvalue weighted by Crippen LogP contribution is 2.32. The van der Waals surface area contributed by atoms with Crippen molar-refractivity contribution in [3.63, 3.8) is 0 Å². The molecule has 1 aliphatic heterocycles. The van der Waals surface area contributed by atoms with Gasteiger partial charge in [0.25, 0.3) is 11.8 Å². The van der Waals surface area contributed by atoms with Gasteiger partial charge in [-0.1, -0.05) is 31.2 Å². The summed E-state index contributed by atoms with van der Waals surface area (Å²) in [5, 5.41) is 5.94. The van der Waals surface area contributed by atoms with Crippen LogP contribution in [-0.4, -0.2) is 62.9 Å². The SMILES string of the molecule is CCN(C1CCC(C(=O)OI)CC1)S(=O)c1cncc(C(=O)Nc2ccc(N3CCCCC3)cc2C(=O)Nc2ccc(CCc3ccc(C(=O)OI)cc3)cc2)c1. The molecule has 2 amide bonds. The summed E-state index contributed by atoms with van der Waals surface area (Å²) in [6.07, 6.45) is 10.5. The average molecular weight is 1020 g/mol. The van der Waals surface area contributed by atoms with Gasteiger partial charge < -0.3 is 21.7 Å². The molecular weight excluding hydrogens is 972 g/mol. The predicted octanol–water partition coefficient (Wildman–Crippen LogP) is 8.67. The third-order valence-electron chi connectivity index (χ3n) is 10.6. The molecule has 0 radical (unpaired) electrons. The van der Waals surface area contributed by atoms with Crippen LogP contribution < -0.4 is 15.5 Å². The maximum Gasteiger partial charge on any atom is 0.347 e. The first-order valence-electron chi connectivity index (χ1n) is 19.2. The Kier molecular flexibility index (Phi) is 15.5. The molecule has 2 heterocycles. The Hall–Kier alpha value is -3.94. The van der Waals surface area contributed by atoms with E-state index in [0.29, 0.717) is 59.6 Å². The Morgan fingerprint density at radius 3 is 2.09 bits per heavy atom. The number of rotatable bonds is 14. The smallest absolute Gasteiger partial charge is 0.347 e. The van der Waals surface area contributed by atoms with E-state index in [2.05, 4.69) is 20.5 Å². The second kappa shape index (κ2) is 20.7. The first-order valence-corrected chi connectivity index (χ1v) is 22.0. The van der Waals surface area contributed by atoms with Crippen LogP contribution in [0, 0.1) is 5.92 Å². The van der Waals surface area contributed by atoms with E-state index < -0.39 is 16.9 Å². The van der Waals surface area contributed by atoms with Crippen LogP contribution in [0.5, 0.6) is 0 Å². The fourth-order valence-corrected chi connectivity index (χ4v) is 9.39. The van der Waals surface area contributed by atoms with E-state index >= 15 is 0 Å². The van der Waals surface area contributed by atoms with Crippen molar-refractivity contribution in [3.05, 3.63) is 113 Å². The van der Waals surface area contributed by atoms with Gasteiger partial charge >= 0.3 is 11.9 Å². The number of pyridine rings is 1. The third kappa shape index (κ3) is 11.2. The van der Waals surface area contributed by atoms with Crippen molar-refractivity contribution in [1.29, 1.82) is 0 Å². The second-order valence-electron chi connectivity index (χ2n) is 14.2. The Bertz CT molecular complexity index is 2070. The zero-order valence-electron chi connectivity index (χ0n) is 31.6. The monoisotopic (exact) mass is 1020 g/mol. The predicted molar refractivity (Wildman–Crippen MR) is 237 cm³/mol. The number of amides is 2. The lowest BCUT2D eigenvalue weighted by atomic mass is 9.86. The van der Waals surface area contributed by atoms with Crippen molar-refractivity contribution < 1.29 is 29.5 Å². The number of aryl methyl sites for hydroxylation is 2. The van der Waals surface area contributed by atoms with Crippen LogP contribution in [0.4, 0.5) is 17.1 Å². The van der Waals surface area contributed by atoms with Crippen molar-refractivity contribution in [2.24, 2.45) is 5.92 Å². The van der Waals surface area contributed by atoms with Gasteiger partial charge in [0, 0.05) is 49.4 Å². The Morgan fingerprint density at radius 1 is 0.789 bits per heavy atom. The first kappa shape index (κ1) is 42.7. The molecule has 2 fully saturated rings. The zero-order chi connectivity index (χ0) is 40.3. The second-order valence-corrected chi connectivity index (χ2v) is 16.6. The van der Waals surface area contributed by atoms with Crippen molar-refractivity contribution >= 4 is 97.8 Å². The molecule has 0 bridgehead atoms. The normalized spacial score (nSPS) is 17.4. The fourth-order valence-electron chi connectivity index (χ4n) is 7.41. The minimum Gasteiger partial charge on any atom is -0.394 e. The van der Waals surface area contributed by atoms with E-state index in [0.717, 1.165) is 55.6 Å². The Balaban J connectivity index is 1.14. The molecule has 1 aromatic heterocycles. The number of halogens is 2. The van der Waals surface area contributed by atoms with Gasteiger partial charge in [-0.3, -0.25) is 19.4 Å². The third-order valence-corrected chi connectivity index (χ3v) is 13.0. The van der Waals surface area contributed by atoms with Gasteiger partial charge in [0.1, 0.15) is 11.0 Å². The Labute approximate surface area is 363 Å².